The molecule has 0 rings (SSSR count). The van der Waals surface area contributed by atoms with E-state index in [4.69, 9.17) is 9.47 Å². The predicted molar refractivity (Wildman–Crippen MR) is 47.8 cm³/mol. The quantitative estimate of drug-likeness (QED) is 0.451. The van der Waals surface area contributed by atoms with Crippen LogP contribution in [-0.2, 0) is 9.47 Å². The minimum atomic E-state index is 0.0220. The fourth-order valence-corrected chi connectivity index (χ4v) is 2.07. The van der Waals surface area contributed by atoms with Gasteiger partial charge < -0.3 is 9.47 Å². The molecule has 0 saturated carbocycles. The molecule has 0 aliphatic carbocycles. The van der Waals surface area contributed by atoms with Gasteiger partial charge in [0.05, 0.1) is 0 Å². The van der Waals surface area contributed by atoms with Gasteiger partial charge in [-0.2, -0.15) is 0 Å². The van der Waals surface area contributed by atoms with Crippen molar-refractivity contribution in [3.63, 3.8) is 0 Å². The molecule has 3 heteroatoms. The zero-order chi connectivity index (χ0) is 8.69. The molecule has 0 unspecified atom stereocenters. The number of hydrogen-bond acceptors (Lipinski definition) is 2. The molecule has 66 valence electrons. The Bertz CT molecular complexity index is 82.2. The van der Waals surface area contributed by atoms with Crippen molar-refractivity contribution in [1.82, 2.24) is 0 Å². The zero-order valence-corrected chi connectivity index (χ0v) is 8.89. The lowest BCUT2D eigenvalue weighted by Gasteiger charge is -2.12. The molecule has 0 atom stereocenters. The van der Waals surface area contributed by atoms with E-state index in [0.29, 0.717) is 0 Å². The lowest BCUT2D eigenvalue weighted by Crippen LogP contribution is -2.21. The molecule has 0 heterocycles. The Kier molecular flexibility index (Phi) is 6.91. The molecule has 0 aromatic carbocycles. The van der Waals surface area contributed by atoms with E-state index in [1.165, 1.54) is 12.5 Å². The monoisotopic (exact) mass is 174 g/mol. The molecule has 0 aliphatic heterocycles. The summed E-state index contributed by atoms with van der Waals surface area (Å²) in [6, 6.07) is 1.21. The number of ether oxygens (including phenoxy) is 2. The second kappa shape index (κ2) is 6.82. The highest BCUT2D eigenvalue weighted by Crippen LogP contribution is 2.04. The van der Waals surface area contributed by atoms with Crippen molar-refractivity contribution in [2.45, 2.75) is 32.2 Å². The van der Waals surface area contributed by atoms with E-state index >= 15 is 0 Å². The van der Waals surface area contributed by atoms with Gasteiger partial charge in [0, 0.05) is 14.2 Å². The van der Waals surface area contributed by atoms with Crippen LogP contribution in [0.1, 0.15) is 20.3 Å². The lowest BCUT2D eigenvalue weighted by atomic mass is 10.2. The number of methoxy groups -OCH3 is 2. The predicted octanol–water partition coefficient (Wildman–Crippen LogP) is 1.73. The van der Waals surface area contributed by atoms with Crippen molar-refractivity contribution in [2.75, 3.05) is 14.2 Å². The summed E-state index contributed by atoms with van der Waals surface area (Å²) in [5, 5.41) is 0. The molecule has 0 aliphatic rings. The minimum Gasteiger partial charge on any atom is -0.360 e. The number of rotatable bonds is 6. The van der Waals surface area contributed by atoms with Crippen LogP contribution in [0.3, 0.4) is 0 Å². The standard InChI is InChI=1S/C8H18O2Si/c1-7(2)5-6-11-8(9-3)10-4/h7-8H,5-6H2,1-4H3. The van der Waals surface area contributed by atoms with Crippen molar-refractivity contribution < 1.29 is 9.47 Å². The Morgan fingerprint density at radius 2 is 1.73 bits per heavy atom. The first-order valence-electron chi connectivity index (χ1n) is 3.99. The van der Waals surface area contributed by atoms with Gasteiger partial charge in [0.25, 0.3) is 0 Å². The molecular formula is C8H18O2Si. The van der Waals surface area contributed by atoms with Crippen LogP contribution in [0.2, 0.25) is 6.04 Å². The van der Waals surface area contributed by atoms with Crippen LogP contribution in [0.4, 0.5) is 0 Å². The van der Waals surface area contributed by atoms with Gasteiger partial charge in [-0.1, -0.05) is 26.3 Å². The van der Waals surface area contributed by atoms with Crippen molar-refractivity contribution in [1.29, 1.82) is 0 Å². The largest absolute Gasteiger partial charge is 0.360 e. The summed E-state index contributed by atoms with van der Waals surface area (Å²) in [6.45, 7) is 4.47. The Morgan fingerprint density at radius 3 is 2.09 bits per heavy atom. The van der Waals surface area contributed by atoms with Crippen LogP contribution in [-0.4, -0.2) is 29.7 Å². The molecule has 0 N–H and O–H groups in total. The van der Waals surface area contributed by atoms with Crippen molar-refractivity contribution in [3.05, 3.63) is 0 Å². The third-order valence-electron chi connectivity index (χ3n) is 1.46. The van der Waals surface area contributed by atoms with Gasteiger partial charge in [0.1, 0.15) is 15.4 Å². The Hall–Kier alpha value is 0.137. The summed E-state index contributed by atoms with van der Waals surface area (Å²) < 4.78 is 10.1. The smallest absolute Gasteiger partial charge is 0.136 e. The average Bonchev–Trinajstić information content (AvgIpc) is 1.98. The molecule has 0 saturated heterocycles. The summed E-state index contributed by atoms with van der Waals surface area (Å²) in [6.07, 6.45) is 1.27. The molecule has 2 radical (unpaired) electrons. The Balaban J connectivity index is 3.21. The van der Waals surface area contributed by atoms with Gasteiger partial charge in [0.2, 0.25) is 0 Å². The molecule has 2 nitrogen and oxygen atoms in total. The normalized spacial score (nSPS) is 11.5. The van der Waals surface area contributed by atoms with Crippen LogP contribution in [0, 0.1) is 5.92 Å². The maximum Gasteiger partial charge on any atom is 0.136 e. The second-order valence-electron chi connectivity index (χ2n) is 2.94. The molecule has 0 bridgehead atoms. The summed E-state index contributed by atoms with van der Waals surface area (Å²) in [7, 11) is 4.15. The third kappa shape index (κ3) is 6.53. The van der Waals surface area contributed by atoms with Gasteiger partial charge in [-0.05, 0) is 5.92 Å². The van der Waals surface area contributed by atoms with Crippen LogP contribution in [0.5, 0.6) is 0 Å². The summed E-state index contributed by atoms with van der Waals surface area (Å²) in [5.74, 6) is 0.811. The first-order chi connectivity index (χ1) is 5.20. The van der Waals surface area contributed by atoms with Gasteiger partial charge in [-0.15, -0.1) is 0 Å². The molecule has 11 heavy (non-hydrogen) atoms. The Morgan fingerprint density at radius 1 is 1.18 bits per heavy atom. The Labute approximate surface area is 72.1 Å². The minimum absolute atomic E-state index is 0.0220. The van der Waals surface area contributed by atoms with Crippen molar-refractivity contribution in [3.8, 4) is 0 Å². The highest BCUT2D eigenvalue weighted by Gasteiger charge is 2.05. The van der Waals surface area contributed by atoms with Crippen LogP contribution < -0.4 is 0 Å². The first kappa shape index (κ1) is 11.1. The van der Waals surface area contributed by atoms with E-state index in [1.807, 2.05) is 0 Å². The van der Waals surface area contributed by atoms with Crippen LogP contribution in [0.25, 0.3) is 0 Å². The SMILES string of the molecule is COC(OC)[Si]CCC(C)C. The maximum absolute atomic E-state index is 5.07. The fourth-order valence-electron chi connectivity index (χ4n) is 0.753. The second-order valence-corrected chi connectivity index (χ2v) is 4.32. The zero-order valence-electron chi connectivity index (χ0n) is 7.89. The topological polar surface area (TPSA) is 18.5 Å². The van der Waals surface area contributed by atoms with E-state index in [9.17, 15) is 0 Å². The van der Waals surface area contributed by atoms with Crippen LogP contribution >= 0.6 is 0 Å². The summed E-state index contributed by atoms with van der Waals surface area (Å²) in [5.41, 5.74) is 0. The van der Waals surface area contributed by atoms with Gasteiger partial charge in [0.15, 0.2) is 0 Å². The van der Waals surface area contributed by atoms with Crippen LogP contribution in [0.15, 0.2) is 0 Å². The summed E-state index contributed by atoms with van der Waals surface area (Å²) >= 11 is 0. The summed E-state index contributed by atoms with van der Waals surface area (Å²) in [4.78, 5) is 0. The van der Waals surface area contributed by atoms with E-state index < -0.39 is 0 Å². The van der Waals surface area contributed by atoms with Crippen molar-refractivity contribution in [2.24, 2.45) is 5.92 Å². The molecular weight excluding hydrogens is 156 g/mol. The van der Waals surface area contributed by atoms with Gasteiger partial charge >= 0.3 is 0 Å². The highest BCUT2D eigenvalue weighted by molar-refractivity contribution is 6.36. The first-order valence-corrected chi connectivity index (χ1v) is 5.28. The average molecular weight is 174 g/mol. The van der Waals surface area contributed by atoms with Gasteiger partial charge in [-0.25, -0.2) is 0 Å². The number of hydrogen-bond donors (Lipinski definition) is 0. The van der Waals surface area contributed by atoms with E-state index in [-0.39, 0.29) is 5.91 Å². The molecule has 0 fully saturated rings. The van der Waals surface area contributed by atoms with E-state index in [2.05, 4.69) is 13.8 Å². The molecule has 0 aromatic rings. The fraction of sp³-hybridized carbons (Fsp3) is 1.00. The maximum atomic E-state index is 5.07. The highest BCUT2D eigenvalue weighted by atomic mass is 28.2. The molecule has 0 amide bonds. The van der Waals surface area contributed by atoms with E-state index in [1.54, 1.807) is 14.2 Å². The molecule has 0 spiro atoms. The molecule has 0 aromatic heterocycles. The van der Waals surface area contributed by atoms with E-state index in [0.717, 1.165) is 15.4 Å². The lowest BCUT2D eigenvalue weighted by molar-refractivity contribution is -0.0441. The third-order valence-corrected chi connectivity index (χ3v) is 2.84. The van der Waals surface area contributed by atoms with Crippen molar-refractivity contribution >= 4 is 9.52 Å². The van der Waals surface area contributed by atoms with Gasteiger partial charge in [-0.3, -0.25) is 0 Å².